The van der Waals surface area contributed by atoms with Gasteiger partial charge in [-0.25, -0.2) is 18.9 Å². The Labute approximate surface area is 183 Å². The van der Waals surface area contributed by atoms with E-state index in [9.17, 15) is 31.9 Å². The van der Waals surface area contributed by atoms with Crippen molar-refractivity contribution < 1.29 is 41.4 Å². The molecule has 0 N–H and O–H groups in total. The van der Waals surface area contributed by atoms with Gasteiger partial charge in [-0.15, -0.1) is 0 Å². The van der Waals surface area contributed by atoms with Crippen LogP contribution in [0.25, 0.3) is 5.57 Å². The van der Waals surface area contributed by atoms with E-state index in [4.69, 9.17) is 9.47 Å². The van der Waals surface area contributed by atoms with Crippen molar-refractivity contribution in [2.45, 2.75) is 71.4 Å². The molecule has 1 aromatic rings. The van der Waals surface area contributed by atoms with E-state index in [1.54, 1.807) is 41.5 Å². The molecule has 2 rings (SSSR count). The molecule has 0 unspecified atom stereocenters. The number of ether oxygens (including phenoxy) is 2. The smallest absolute Gasteiger partial charge is 0.419 e. The number of hydrogen-bond donors (Lipinski definition) is 0. The molecule has 0 spiro atoms. The molecular weight excluding hydrogens is 434 g/mol. The average molecular weight is 459 g/mol. The van der Waals surface area contributed by atoms with Crippen LogP contribution in [0, 0.1) is 5.82 Å². The SMILES string of the molecule is CC(C)(C)OC(=O)[C@H]1CC(c2cccc(C(F)(F)F)c2F)=CC(=O)N1C(=O)OC(C)(C)C. The van der Waals surface area contributed by atoms with Gasteiger partial charge >= 0.3 is 18.2 Å². The van der Waals surface area contributed by atoms with Gasteiger partial charge in [-0.2, -0.15) is 13.2 Å². The van der Waals surface area contributed by atoms with Crippen LogP contribution in [0.2, 0.25) is 0 Å². The van der Waals surface area contributed by atoms with Crippen LogP contribution in [-0.4, -0.2) is 40.1 Å². The number of esters is 1. The summed E-state index contributed by atoms with van der Waals surface area (Å²) >= 11 is 0. The van der Waals surface area contributed by atoms with Gasteiger partial charge in [0, 0.05) is 18.1 Å². The molecule has 1 heterocycles. The maximum absolute atomic E-state index is 14.7. The summed E-state index contributed by atoms with van der Waals surface area (Å²) in [5.41, 5.74) is -4.15. The average Bonchev–Trinajstić information content (AvgIpc) is 2.56. The summed E-state index contributed by atoms with van der Waals surface area (Å²) in [7, 11) is 0. The van der Waals surface area contributed by atoms with Crippen LogP contribution in [-0.2, 0) is 25.2 Å². The fraction of sp³-hybridized carbons (Fsp3) is 0.500. The standard InChI is InChI=1S/C22H25F4NO5/c1-20(2,3)31-18(29)15-10-12(11-16(28)27(15)19(30)32-21(4,5)6)13-8-7-9-14(17(13)23)22(24,25)26/h7-9,11,15H,10H2,1-6H3/t15-/m1/s1. The Hall–Kier alpha value is -2.91. The van der Waals surface area contributed by atoms with E-state index in [-0.39, 0.29) is 5.57 Å². The van der Waals surface area contributed by atoms with Gasteiger partial charge in [0.05, 0.1) is 5.56 Å². The zero-order chi connectivity index (χ0) is 24.6. The highest BCUT2D eigenvalue weighted by Gasteiger charge is 2.43. The number of carbonyl (C=O) groups is 3. The van der Waals surface area contributed by atoms with E-state index in [1.165, 1.54) is 0 Å². The minimum atomic E-state index is -4.95. The highest BCUT2D eigenvalue weighted by atomic mass is 19.4. The highest BCUT2D eigenvalue weighted by molar-refractivity contribution is 6.08. The van der Waals surface area contributed by atoms with Crippen LogP contribution < -0.4 is 0 Å². The topological polar surface area (TPSA) is 72.9 Å². The van der Waals surface area contributed by atoms with E-state index >= 15 is 0 Å². The van der Waals surface area contributed by atoms with Gasteiger partial charge in [-0.05, 0) is 53.2 Å². The molecule has 1 aliphatic heterocycles. The van der Waals surface area contributed by atoms with Crippen molar-refractivity contribution in [3.63, 3.8) is 0 Å². The summed E-state index contributed by atoms with van der Waals surface area (Å²) in [5, 5.41) is 0. The number of hydrogen-bond acceptors (Lipinski definition) is 5. The molecule has 32 heavy (non-hydrogen) atoms. The fourth-order valence-corrected chi connectivity index (χ4v) is 3.00. The predicted octanol–water partition coefficient (Wildman–Crippen LogP) is 5.11. The monoisotopic (exact) mass is 459 g/mol. The largest absolute Gasteiger partial charge is 0.458 e. The number of halogens is 4. The van der Waals surface area contributed by atoms with Crippen LogP contribution in [0.4, 0.5) is 22.4 Å². The molecule has 0 saturated heterocycles. The second-order valence-corrected chi connectivity index (χ2v) is 9.28. The van der Waals surface area contributed by atoms with Gasteiger partial charge in [0.25, 0.3) is 5.91 Å². The lowest BCUT2D eigenvalue weighted by Gasteiger charge is -2.35. The van der Waals surface area contributed by atoms with Gasteiger partial charge in [0.1, 0.15) is 23.1 Å². The number of nitrogens with zero attached hydrogens (tertiary/aromatic N) is 1. The fourth-order valence-electron chi connectivity index (χ4n) is 3.00. The Morgan fingerprint density at radius 1 is 1.00 bits per heavy atom. The number of carbonyl (C=O) groups excluding carboxylic acids is 3. The van der Waals surface area contributed by atoms with Gasteiger partial charge in [-0.1, -0.05) is 12.1 Å². The molecule has 0 radical (unpaired) electrons. The lowest BCUT2D eigenvalue weighted by atomic mass is 9.92. The third kappa shape index (κ3) is 6.08. The summed E-state index contributed by atoms with van der Waals surface area (Å²) in [6.07, 6.45) is -5.70. The molecule has 0 fully saturated rings. The maximum atomic E-state index is 14.7. The van der Waals surface area contributed by atoms with E-state index < -0.39 is 64.8 Å². The van der Waals surface area contributed by atoms with Crippen LogP contribution in [0.1, 0.15) is 59.1 Å². The molecule has 0 aliphatic carbocycles. The normalized spacial score (nSPS) is 17.7. The number of benzene rings is 1. The van der Waals surface area contributed by atoms with Crippen LogP contribution in [0.15, 0.2) is 24.3 Å². The second-order valence-electron chi connectivity index (χ2n) is 9.28. The van der Waals surface area contributed by atoms with Crippen molar-refractivity contribution in [3.05, 3.63) is 41.2 Å². The van der Waals surface area contributed by atoms with Crippen molar-refractivity contribution in [3.8, 4) is 0 Å². The van der Waals surface area contributed by atoms with Crippen LogP contribution in [0.5, 0.6) is 0 Å². The number of amides is 2. The molecule has 1 atom stereocenters. The summed E-state index contributed by atoms with van der Waals surface area (Å²) in [4.78, 5) is 38.7. The van der Waals surface area contributed by atoms with Crippen molar-refractivity contribution in [1.29, 1.82) is 0 Å². The van der Waals surface area contributed by atoms with Crippen molar-refractivity contribution in [2.24, 2.45) is 0 Å². The molecule has 0 saturated carbocycles. The van der Waals surface area contributed by atoms with Crippen LogP contribution in [0.3, 0.4) is 0 Å². The number of rotatable bonds is 2. The predicted molar refractivity (Wildman–Crippen MR) is 107 cm³/mol. The number of alkyl halides is 3. The van der Waals surface area contributed by atoms with Crippen LogP contribution >= 0.6 is 0 Å². The number of imide groups is 1. The molecule has 1 aromatic carbocycles. The minimum absolute atomic E-state index is 0.172. The molecule has 2 amide bonds. The molecule has 1 aliphatic rings. The van der Waals surface area contributed by atoms with Crippen molar-refractivity contribution in [1.82, 2.24) is 4.90 Å². The minimum Gasteiger partial charge on any atom is -0.458 e. The van der Waals surface area contributed by atoms with E-state index in [0.717, 1.165) is 18.2 Å². The molecule has 0 bridgehead atoms. The summed E-state index contributed by atoms with van der Waals surface area (Å²) < 4.78 is 64.5. The van der Waals surface area contributed by atoms with Crippen molar-refractivity contribution in [2.75, 3.05) is 0 Å². The Morgan fingerprint density at radius 2 is 1.56 bits per heavy atom. The maximum Gasteiger partial charge on any atom is 0.419 e. The lowest BCUT2D eigenvalue weighted by Crippen LogP contribution is -2.53. The van der Waals surface area contributed by atoms with E-state index in [2.05, 4.69) is 0 Å². The first-order valence-corrected chi connectivity index (χ1v) is 9.76. The molecule has 10 heteroatoms. The van der Waals surface area contributed by atoms with Crippen molar-refractivity contribution >= 4 is 23.5 Å². The highest BCUT2D eigenvalue weighted by Crippen LogP contribution is 2.37. The Bertz CT molecular complexity index is 955. The van der Waals surface area contributed by atoms with Gasteiger partial charge in [-0.3, -0.25) is 4.79 Å². The first kappa shape index (κ1) is 25.4. The third-order valence-corrected chi connectivity index (χ3v) is 4.18. The van der Waals surface area contributed by atoms with E-state index in [0.29, 0.717) is 11.0 Å². The quantitative estimate of drug-likeness (QED) is 0.454. The summed E-state index contributed by atoms with van der Waals surface area (Å²) in [6, 6.07) is 1.09. The molecule has 6 nitrogen and oxygen atoms in total. The zero-order valence-corrected chi connectivity index (χ0v) is 18.6. The Kier molecular flexibility index (Phi) is 6.78. The van der Waals surface area contributed by atoms with Gasteiger partial charge < -0.3 is 9.47 Å². The lowest BCUT2D eigenvalue weighted by molar-refractivity contribution is -0.163. The third-order valence-electron chi connectivity index (χ3n) is 4.18. The second kappa shape index (κ2) is 8.55. The van der Waals surface area contributed by atoms with Gasteiger partial charge in [0.15, 0.2) is 0 Å². The molecular formula is C22H25F4NO5. The summed E-state index contributed by atoms with van der Waals surface area (Å²) in [5.74, 6) is -3.59. The Balaban J connectivity index is 2.54. The summed E-state index contributed by atoms with van der Waals surface area (Å²) in [6.45, 7) is 9.37. The molecule has 0 aromatic heterocycles. The zero-order valence-electron chi connectivity index (χ0n) is 18.6. The molecule has 176 valence electrons. The van der Waals surface area contributed by atoms with Gasteiger partial charge in [0.2, 0.25) is 0 Å². The first-order chi connectivity index (χ1) is 14.4. The first-order valence-electron chi connectivity index (χ1n) is 9.76. The van der Waals surface area contributed by atoms with E-state index in [1.807, 2.05) is 0 Å². The Morgan fingerprint density at radius 3 is 2.06 bits per heavy atom.